The van der Waals surface area contributed by atoms with Crippen LogP contribution in [0, 0.1) is 12.8 Å². The number of aryl methyl sites for hydroxylation is 1. The summed E-state index contributed by atoms with van der Waals surface area (Å²) in [5.41, 5.74) is 3.23. The van der Waals surface area contributed by atoms with E-state index >= 15 is 0 Å². The second-order valence-electron chi connectivity index (χ2n) is 8.56. The predicted molar refractivity (Wildman–Crippen MR) is 141 cm³/mol. The van der Waals surface area contributed by atoms with Crippen molar-refractivity contribution in [1.82, 2.24) is 4.98 Å². The number of methoxy groups -OCH3 is 1. The Kier molecular flexibility index (Phi) is 8.70. The van der Waals surface area contributed by atoms with Crippen LogP contribution < -0.4 is 15.1 Å². The van der Waals surface area contributed by atoms with Gasteiger partial charge in [0.05, 0.1) is 24.2 Å². The van der Waals surface area contributed by atoms with Gasteiger partial charge in [0.25, 0.3) is 5.92 Å². The van der Waals surface area contributed by atoms with Crippen LogP contribution >= 0.6 is 0 Å². The quantitative estimate of drug-likeness (QED) is 0.161. The fourth-order valence-electron chi connectivity index (χ4n) is 3.75. The molecule has 194 valence electrons. The number of carbonyl (C=O) groups excluding carboxylic acids is 2. The molecule has 0 fully saturated rings. The minimum Gasteiger partial charge on any atom is -0.496 e. The van der Waals surface area contributed by atoms with Crippen molar-refractivity contribution in [3.8, 4) is 17.0 Å². The molecule has 1 amide bonds. The second kappa shape index (κ2) is 11.7. The number of nitrogens with one attached hydrogen (secondary N) is 1. The molecule has 1 N–H and O–H groups in total. The van der Waals surface area contributed by atoms with Crippen LogP contribution in [0.5, 0.6) is 5.75 Å². The van der Waals surface area contributed by atoms with Crippen LogP contribution in [0.3, 0.4) is 0 Å². The fraction of sp³-hybridized carbons (Fsp3) is 0.286. The minimum atomic E-state index is -3.02. The van der Waals surface area contributed by atoms with Crippen molar-refractivity contribution in [1.29, 1.82) is 0 Å². The number of halogens is 2. The monoisotopic (exact) mass is 508 g/mol. The summed E-state index contributed by atoms with van der Waals surface area (Å²) in [5, 5.41) is 8.52. The number of anilines is 2. The van der Waals surface area contributed by atoms with Gasteiger partial charge in [-0.05, 0) is 56.3 Å². The first-order valence-electron chi connectivity index (χ1n) is 11.7. The Bertz CT molecular complexity index is 1310. The van der Waals surface area contributed by atoms with Crippen molar-refractivity contribution in [2.24, 2.45) is 11.0 Å². The molecule has 9 heteroatoms. The Morgan fingerprint density at radius 1 is 1.19 bits per heavy atom. The van der Waals surface area contributed by atoms with Crippen LogP contribution in [0.2, 0.25) is 0 Å². The SMILES string of the molecule is CCC(F)(F)c1cccc(NC(=O)C(C=O)/C(C)=N\N(C)c2ccc(OC)c(-c3cccc(C)n3)c2)c1. The summed E-state index contributed by atoms with van der Waals surface area (Å²) in [6.45, 7) is 4.84. The molecule has 2 aromatic carbocycles. The number of rotatable bonds is 10. The Morgan fingerprint density at radius 3 is 2.57 bits per heavy atom. The molecule has 1 atom stereocenters. The molecule has 1 unspecified atom stereocenters. The minimum absolute atomic E-state index is 0.175. The van der Waals surface area contributed by atoms with Gasteiger partial charge in [-0.2, -0.15) is 5.10 Å². The topological polar surface area (TPSA) is 83.9 Å². The number of aldehydes is 1. The highest BCUT2D eigenvalue weighted by atomic mass is 19.3. The van der Waals surface area contributed by atoms with Gasteiger partial charge in [-0.15, -0.1) is 0 Å². The number of hydrogen-bond donors (Lipinski definition) is 1. The lowest BCUT2D eigenvalue weighted by molar-refractivity contribution is -0.122. The standard InChI is InChI=1S/C28H30F2N4O3/c1-6-28(29,30)20-10-8-11-21(15-20)32-27(36)24(17-35)19(3)33-34(4)22-13-14-26(37-5)23(16-22)25-12-7-9-18(2)31-25/h7-17,24H,6H2,1-5H3,(H,32,36)/b33-19-. The number of carbonyl (C=O) groups is 2. The average Bonchev–Trinajstić information content (AvgIpc) is 2.88. The fourth-order valence-corrected chi connectivity index (χ4v) is 3.75. The smallest absolute Gasteiger partial charge is 0.273 e. The summed E-state index contributed by atoms with van der Waals surface area (Å²) < 4.78 is 33.6. The molecule has 0 aliphatic carbocycles. The largest absolute Gasteiger partial charge is 0.496 e. The third-order valence-electron chi connectivity index (χ3n) is 5.89. The summed E-state index contributed by atoms with van der Waals surface area (Å²) in [6, 6.07) is 16.6. The van der Waals surface area contributed by atoms with E-state index in [-0.39, 0.29) is 23.4 Å². The normalized spacial score (nSPS) is 12.6. The average molecular weight is 509 g/mol. The highest BCUT2D eigenvalue weighted by Crippen LogP contribution is 2.34. The molecular weight excluding hydrogens is 478 g/mol. The van der Waals surface area contributed by atoms with Gasteiger partial charge in [-0.1, -0.05) is 25.1 Å². The number of nitrogens with zero attached hydrogens (tertiary/aromatic N) is 3. The number of benzene rings is 2. The Balaban J connectivity index is 1.83. The number of hydrazone groups is 1. The summed E-state index contributed by atoms with van der Waals surface area (Å²) in [5.74, 6) is -4.26. The van der Waals surface area contributed by atoms with Crippen LogP contribution in [0.15, 0.2) is 65.8 Å². The number of ether oxygens (including phenoxy) is 1. The lowest BCUT2D eigenvalue weighted by atomic mass is 10.0. The molecule has 0 aliphatic heterocycles. The van der Waals surface area contributed by atoms with Gasteiger partial charge in [0.15, 0.2) is 0 Å². The van der Waals surface area contributed by atoms with Gasteiger partial charge in [-0.3, -0.25) is 14.8 Å². The Morgan fingerprint density at radius 2 is 1.92 bits per heavy atom. The molecule has 0 radical (unpaired) electrons. The number of alkyl halides is 2. The van der Waals surface area contributed by atoms with Crippen molar-refractivity contribution in [3.05, 3.63) is 71.9 Å². The number of hydrogen-bond acceptors (Lipinski definition) is 6. The van der Waals surface area contributed by atoms with E-state index in [0.29, 0.717) is 17.7 Å². The van der Waals surface area contributed by atoms with Crippen molar-refractivity contribution < 1.29 is 23.1 Å². The van der Waals surface area contributed by atoms with E-state index in [0.717, 1.165) is 17.0 Å². The van der Waals surface area contributed by atoms with Gasteiger partial charge >= 0.3 is 0 Å². The second-order valence-corrected chi connectivity index (χ2v) is 8.56. The molecule has 0 saturated heterocycles. The molecule has 0 saturated carbocycles. The van der Waals surface area contributed by atoms with Gasteiger partial charge in [0.2, 0.25) is 5.91 Å². The first kappa shape index (κ1) is 27.4. The van der Waals surface area contributed by atoms with E-state index in [1.54, 1.807) is 38.2 Å². The summed E-state index contributed by atoms with van der Waals surface area (Å²) >= 11 is 0. The first-order chi connectivity index (χ1) is 17.6. The van der Waals surface area contributed by atoms with Crippen LogP contribution in [-0.2, 0) is 15.5 Å². The van der Waals surface area contributed by atoms with Gasteiger partial charge in [0.1, 0.15) is 18.0 Å². The van der Waals surface area contributed by atoms with Crippen LogP contribution in [0.25, 0.3) is 11.3 Å². The molecule has 3 rings (SSSR count). The van der Waals surface area contributed by atoms with E-state index < -0.39 is 17.7 Å². The van der Waals surface area contributed by atoms with Gasteiger partial charge < -0.3 is 14.8 Å². The lowest BCUT2D eigenvalue weighted by Gasteiger charge is -2.19. The molecule has 7 nitrogen and oxygen atoms in total. The molecule has 0 bridgehead atoms. The third kappa shape index (κ3) is 6.55. The van der Waals surface area contributed by atoms with Crippen LogP contribution in [0.1, 0.15) is 31.5 Å². The molecule has 1 heterocycles. The number of aromatic nitrogens is 1. The molecule has 3 aromatic rings. The van der Waals surface area contributed by atoms with Gasteiger partial charge in [-0.25, -0.2) is 8.78 Å². The maximum Gasteiger partial charge on any atom is 0.273 e. The summed E-state index contributed by atoms with van der Waals surface area (Å²) in [7, 11) is 3.27. The van der Waals surface area contributed by atoms with Crippen molar-refractivity contribution in [2.45, 2.75) is 33.1 Å². The van der Waals surface area contributed by atoms with E-state index in [1.807, 2.05) is 31.2 Å². The van der Waals surface area contributed by atoms with Crippen LogP contribution in [-0.4, -0.2) is 37.0 Å². The van der Waals surface area contributed by atoms with Crippen molar-refractivity contribution in [2.75, 3.05) is 24.5 Å². The Labute approximate surface area is 215 Å². The number of amides is 1. The maximum absolute atomic E-state index is 14.1. The zero-order valence-corrected chi connectivity index (χ0v) is 21.5. The van der Waals surface area contributed by atoms with E-state index in [2.05, 4.69) is 15.4 Å². The van der Waals surface area contributed by atoms with E-state index in [9.17, 15) is 18.4 Å². The zero-order valence-electron chi connectivity index (χ0n) is 21.5. The highest BCUT2D eigenvalue weighted by Gasteiger charge is 2.29. The number of pyridine rings is 1. The summed E-state index contributed by atoms with van der Waals surface area (Å²) in [6.07, 6.45) is 0.106. The van der Waals surface area contributed by atoms with Crippen molar-refractivity contribution >= 4 is 29.3 Å². The molecule has 0 spiro atoms. The van der Waals surface area contributed by atoms with Crippen molar-refractivity contribution in [3.63, 3.8) is 0 Å². The lowest BCUT2D eigenvalue weighted by Crippen LogP contribution is -2.31. The summed E-state index contributed by atoms with van der Waals surface area (Å²) in [4.78, 5) is 29.2. The first-order valence-corrected chi connectivity index (χ1v) is 11.7. The molecular formula is C28H30F2N4O3. The van der Waals surface area contributed by atoms with Gasteiger partial charge in [0, 0.05) is 36.0 Å². The predicted octanol–water partition coefficient (Wildman–Crippen LogP) is 5.83. The molecule has 0 aliphatic rings. The highest BCUT2D eigenvalue weighted by molar-refractivity contribution is 6.17. The molecule has 37 heavy (non-hydrogen) atoms. The third-order valence-corrected chi connectivity index (χ3v) is 5.89. The van der Waals surface area contributed by atoms with Crippen LogP contribution in [0.4, 0.5) is 20.2 Å². The maximum atomic E-state index is 14.1. The molecule has 1 aromatic heterocycles. The van der Waals surface area contributed by atoms with E-state index in [4.69, 9.17) is 4.74 Å². The Hall–Kier alpha value is -4.14. The van der Waals surface area contributed by atoms with E-state index in [1.165, 1.54) is 31.2 Å². The zero-order chi connectivity index (χ0) is 27.2.